The van der Waals surface area contributed by atoms with Crippen molar-refractivity contribution >= 4 is 186 Å². The fourth-order valence-electron chi connectivity index (χ4n) is 13.4. The number of carbonyl (C=O) groups excluding carboxylic acids is 3. The molecule has 0 bridgehead atoms. The third-order valence-corrected chi connectivity index (χ3v) is 22.6. The zero-order valence-electron chi connectivity index (χ0n) is 77.8. The average molecular weight is 2060 g/mol. The summed E-state index contributed by atoms with van der Waals surface area (Å²) in [6.45, 7) is 23.7. The number of hydrogen-bond donors (Lipinski definition) is 7. The van der Waals surface area contributed by atoms with E-state index in [1.165, 1.54) is 99.9 Å². The van der Waals surface area contributed by atoms with Crippen LogP contribution < -0.4 is 39.0 Å². The maximum atomic E-state index is 15.1. The van der Waals surface area contributed by atoms with E-state index in [-0.39, 0.29) is 130 Å². The number of sulfone groups is 3. The fraction of sp³-hybridized carbons (Fsp3) is 0.314. The summed E-state index contributed by atoms with van der Waals surface area (Å²) >= 11 is 2.50. The number of nitrogens with one attached hydrogen (secondary N) is 5. The van der Waals surface area contributed by atoms with Crippen LogP contribution in [0.5, 0.6) is 46.6 Å². The second-order valence-corrected chi connectivity index (χ2v) is 40.4. The first kappa shape index (κ1) is 103. The number of benzene rings is 4. The molecular formula is C86H89BrF4N24O20S4. The van der Waals surface area contributed by atoms with Crippen LogP contribution in [0.4, 0.5) is 54.7 Å². The van der Waals surface area contributed by atoms with Gasteiger partial charge in [0, 0.05) is 91.9 Å². The Bertz CT molecular complexity index is 7890. The molecule has 0 radical (unpaired) electrons. The number of amides is 3. The van der Waals surface area contributed by atoms with E-state index < -0.39 is 110 Å². The molecule has 4 aromatic carbocycles. The number of halogens is 5. The predicted octanol–water partition coefficient (Wildman–Crippen LogP) is 14.2. The Kier molecular flexibility index (Phi) is 30.0. The number of aromatic hydroxyl groups is 1. The Labute approximate surface area is 799 Å². The summed E-state index contributed by atoms with van der Waals surface area (Å²) in [5.41, 5.74) is 2.16. The molecule has 0 saturated carbocycles. The first-order valence-corrected chi connectivity index (χ1v) is 48.1. The standard InChI is InChI=1S/C22H22BrFN6O5S.C22H23FN6O5S.C19H17FN6O3.C18H21FN4O4S.C5H6N2O.O2S/c1-10-25-8-11(9-26-10)34-19-15-14-16(23)12(24)7-13(30(5)21(31)35-22(2,3)4)17(14)27-18(15)28-20(29-19)36(6,32)33;1-11-24-9-13(10-25-11)33-19-16-14-7-12(23)8-15(29(5)21(30)34-22(2,3)4)17(14)26-18(16)27-20(28-19)35(6,31)32;1-8-22-5-10(6-23-8)29-19-25-17-15-14-11(3-9(7-27)28-18(15)26-19)12(20)4-13(21-2)16(14)24-17;1-9-13-11-7-10(19)8-12(23(5)17(24)27-18(2,3)4)14(11)21-15(13)22-16(20-9)28(6,25)26;1-4-6-2-5(8)3-7-4;1-3-2/h7-9H,1-6H3,(H,27,28,29);7-10H,1-6H3,(H,26,27,28);4-6,9,21,27H,3,7H2,1-2H3,(H,24,25,26);7-8H,1-6H3,(H,20,21,22);2-3,8H,1H3;. The maximum Gasteiger partial charge on any atom is 0.414 e. The van der Waals surface area contributed by atoms with Gasteiger partial charge in [0.15, 0.2) is 23.0 Å². The van der Waals surface area contributed by atoms with Gasteiger partial charge in [0.05, 0.1) is 127 Å². The van der Waals surface area contributed by atoms with Gasteiger partial charge in [-0.2, -0.15) is 38.3 Å². The van der Waals surface area contributed by atoms with Crippen molar-refractivity contribution < 1.29 is 109 Å². The van der Waals surface area contributed by atoms with Crippen molar-refractivity contribution in [3.05, 3.63) is 148 Å². The van der Waals surface area contributed by atoms with Crippen molar-refractivity contribution in [1.82, 2.24) is 99.7 Å². The molecule has 0 saturated heterocycles. The van der Waals surface area contributed by atoms with Gasteiger partial charge in [0.1, 0.15) is 92.1 Å². The summed E-state index contributed by atoms with van der Waals surface area (Å²) in [7, 11) is -5.27. The Morgan fingerprint density at radius 3 is 1.26 bits per heavy atom. The van der Waals surface area contributed by atoms with E-state index in [2.05, 4.69) is 121 Å². The van der Waals surface area contributed by atoms with E-state index >= 15 is 4.39 Å². The van der Waals surface area contributed by atoms with Gasteiger partial charge in [0.2, 0.25) is 52.3 Å². The minimum atomic E-state index is -3.86. The van der Waals surface area contributed by atoms with Gasteiger partial charge in [-0.1, -0.05) is 0 Å². The molecule has 3 amide bonds. The highest BCUT2D eigenvalue weighted by Gasteiger charge is 2.35. The normalized spacial score (nSPS) is 12.6. The first-order chi connectivity index (χ1) is 64.9. The molecule has 12 aromatic heterocycles. The molecule has 7 N–H and O–H groups in total. The number of aliphatic hydroxyl groups excluding tert-OH is 1. The Morgan fingerprint density at radius 1 is 0.482 bits per heavy atom. The second kappa shape index (κ2) is 40.4. The zero-order valence-corrected chi connectivity index (χ0v) is 82.7. The van der Waals surface area contributed by atoms with Gasteiger partial charge in [0.25, 0.3) is 10.3 Å². The van der Waals surface area contributed by atoms with Crippen LogP contribution in [0.25, 0.3) is 87.7 Å². The summed E-state index contributed by atoms with van der Waals surface area (Å²) in [4.78, 5) is 119. The molecule has 1 atom stereocenters. The number of nitrogens with zero attached hydrogens (tertiary/aromatic N) is 19. The van der Waals surface area contributed by atoms with E-state index in [9.17, 15) is 57.9 Å². The number of ether oxygens (including phenoxy) is 7. The van der Waals surface area contributed by atoms with Gasteiger partial charge in [-0.15, -0.1) is 0 Å². The summed E-state index contributed by atoms with van der Waals surface area (Å²) in [5.74, 6) is 0.735. The van der Waals surface area contributed by atoms with Crippen LogP contribution in [0.2, 0.25) is 0 Å². The molecule has 0 spiro atoms. The average Bonchev–Trinajstić information content (AvgIpc) is 1.58. The van der Waals surface area contributed by atoms with Crippen molar-refractivity contribution in [2.24, 2.45) is 0 Å². The molecule has 0 aliphatic carbocycles. The number of aliphatic hydroxyl groups is 1. The number of anilines is 4. The molecule has 1 unspecified atom stereocenters. The maximum absolute atomic E-state index is 15.1. The van der Waals surface area contributed by atoms with Crippen molar-refractivity contribution in [3.8, 4) is 46.6 Å². The van der Waals surface area contributed by atoms with E-state index in [1.54, 1.807) is 104 Å². The Balaban J connectivity index is 0.000000160. The lowest BCUT2D eigenvalue weighted by molar-refractivity contribution is 0.0579. The van der Waals surface area contributed by atoms with Gasteiger partial charge < -0.3 is 68.6 Å². The van der Waals surface area contributed by atoms with Crippen molar-refractivity contribution in [3.63, 3.8) is 0 Å². The lowest BCUT2D eigenvalue weighted by Gasteiger charge is -2.25. The van der Waals surface area contributed by atoms with Crippen LogP contribution in [0, 0.1) is 57.9 Å². The molecule has 1 aliphatic rings. The van der Waals surface area contributed by atoms with Crippen LogP contribution in [-0.2, 0) is 61.7 Å². The van der Waals surface area contributed by atoms with Crippen molar-refractivity contribution in [2.75, 3.05) is 73.6 Å². The summed E-state index contributed by atoms with van der Waals surface area (Å²) in [6.07, 6.45) is 11.7. The molecular weight excluding hydrogens is 1970 g/mol. The quantitative estimate of drug-likeness (QED) is 0.0302. The number of carbonyl (C=O) groups is 3. The van der Waals surface area contributed by atoms with E-state index in [4.69, 9.17) is 46.7 Å². The van der Waals surface area contributed by atoms with Gasteiger partial charge in [-0.25, -0.2) is 107 Å². The first-order valence-electron chi connectivity index (χ1n) is 41.0. The molecule has 16 aromatic rings. The number of aromatic nitrogens is 20. The van der Waals surface area contributed by atoms with Crippen LogP contribution in [0.1, 0.15) is 96.9 Å². The summed E-state index contributed by atoms with van der Waals surface area (Å²) in [5, 5.41) is 23.0. The van der Waals surface area contributed by atoms with Gasteiger partial charge >= 0.3 is 35.9 Å². The van der Waals surface area contributed by atoms with Crippen molar-refractivity contribution in [2.45, 2.75) is 142 Å². The van der Waals surface area contributed by atoms with Gasteiger partial charge in [-0.3, -0.25) is 14.7 Å². The number of rotatable bonds is 14. The lowest BCUT2D eigenvalue weighted by Crippen LogP contribution is -2.34. The molecule has 0 fully saturated rings. The summed E-state index contributed by atoms with van der Waals surface area (Å²) < 4.78 is 188. The van der Waals surface area contributed by atoms with E-state index in [1.807, 2.05) is 0 Å². The Morgan fingerprint density at radius 2 is 0.849 bits per heavy atom. The van der Waals surface area contributed by atoms with Crippen LogP contribution >= 0.6 is 15.9 Å². The highest BCUT2D eigenvalue weighted by atomic mass is 79.9. The topological polar surface area (TPSA) is 584 Å². The van der Waals surface area contributed by atoms with Gasteiger partial charge in [-0.05, 0) is 143 Å². The number of aryl methyl sites for hydroxylation is 5. The number of fused-ring (bicyclic) bond motifs is 9. The SMILES string of the molecule is CNc1cc(F)c2c3c1[nH]c1nc(Oc4cnc(C)nc4)nc(c13)OC(CO)C2.Cc1nc(S(C)(=O)=O)nc2[nH]c3c(N(C)C(=O)OC(C)(C)C)cc(F)cc3c12.Cc1ncc(O)cn1.Cc1ncc(Oc2nc(S(C)(=O)=O)nc3[nH]c4c(N(C)C(=O)OC(C)(C)C)cc(F)c(Br)c4c23)cn1.Cc1ncc(Oc2nc(S(C)(=O)=O)nc3[nH]c4c(N(C)C(=O)OC(C)(C)C)cc(F)cc4c23)cn1.O=S=O. The fourth-order valence-corrected chi connectivity index (χ4v) is 15.5. The number of aromatic amines is 4. The minimum absolute atomic E-state index is 0.0260. The van der Waals surface area contributed by atoms with Crippen LogP contribution in [0.15, 0.2) is 106 Å². The lowest BCUT2D eigenvalue weighted by atomic mass is 10.0. The molecule has 139 heavy (non-hydrogen) atoms. The molecule has 53 heteroatoms. The van der Waals surface area contributed by atoms with Crippen LogP contribution in [-0.4, -0.2) is 238 Å². The third-order valence-electron chi connectivity index (χ3n) is 19.3. The molecule has 44 nitrogen and oxygen atoms in total. The molecule has 1 aliphatic heterocycles. The van der Waals surface area contributed by atoms with E-state index in [0.717, 1.165) is 40.7 Å². The largest absolute Gasteiger partial charge is 0.505 e. The number of hydrogen-bond acceptors (Lipinski definition) is 37. The highest BCUT2D eigenvalue weighted by Crippen LogP contribution is 2.46. The minimum Gasteiger partial charge on any atom is -0.505 e. The number of H-pyrrole nitrogens is 4. The monoisotopic (exact) mass is 2060 g/mol. The third kappa shape index (κ3) is 24.1. The molecule has 17 rings (SSSR count). The summed E-state index contributed by atoms with van der Waals surface area (Å²) in [6, 6.07) is 7.44. The highest BCUT2D eigenvalue weighted by molar-refractivity contribution is 9.10. The van der Waals surface area contributed by atoms with Crippen LogP contribution in [0.3, 0.4) is 0 Å². The molecule has 13 heterocycles. The van der Waals surface area contributed by atoms with Crippen molar-refractivity contribution in [1.29, 1.82) is 0 Å². The smallest absolute Gasteiger partial charge is 0.414 e. The Hall–Kier alpha value is -14.8. The predicted molar refractivity (Wildman–Crippen MR) is 504 cm³/mol. The second-order valence-electron chi connectivity index (χ2n) is 33.8. The van der Waals surface area contributed by atoms with E-state index in [0.29, 0.717) is 89.7 Å². The zero-order chi connectivity index (χ0) is 102. The molecule has 732 valence electrons.